The Balaban J connectivity index is 2.99. The molecular formula is C12H22OSi2. The summed E-state index contributed by atoms with van der Waals surface area (Å²) in [5.74, 6) is 0. The summed E-state index contributed by atoms with van der Waals surface area (Å²) in [6.45, 7) is 13.4. The molecule has 15 heavy (non-hydrogen) atoms. The Kier molecular flexibility index (Phi) is 3.92. The number of hydrogen-bond donors (Lipinski definition) is 0. The molecular weight excluding hydrogens is 216 g/mol. The van der Waals surface area contributed by atoms with E-state index in [1.54, 1.807) is 0 Å². The molecule has 0 atom stereocenters. The highest BCUT2D eigenvalue weighted by molar-refractivity contribution is 6.88. The zero-order valence-corrected chi connectivity index (χ0v) is 12.9. The van der Waals surface area contributed by atoms with Gasteiger partial charge in [0.25, 0.3) is 0 Å². The van der Waals surface area contributed by atoms with Gasteiger partial charge in [-0.25, -0.2) is 0 Å². The van der Waals surface area contributed by atoms with E-state index >= 15 is 0 Å². The molecule has 0 saturated heterocycles. The maximum atomic E-state index is 6.20. The van der Waals surface area contributed by atoms with Crippen LogP contribution >= 0.6 is 0 Å². The average molecular weight is 238 g/mol. The lowest BCUT2D eigenvalue weighted by Gasteiger charge is -2.26. The molecule has 0 heterocycles. The van der Waals surface area contributed by atoms with Crippen LogP contribution < -0.4 is 5.19 Å². The van der Waals surface area contributed by atoms with Crippen molar-refractivity contribution in [2.75, 3.05) is 0 Å². The molecule has 84 valence electrons. The Morgan fingerprint density at radius 1 is 1.07 bits per heavy atom. The van der Waals surface area contributed by atoms with Crippen LogP contribution in [0.1, 0.15) is 11.1 Å². The van der Waals surface area contributed by atoms with E-state index in [2.05, 4.69) is 58.2 Å². The third-order valence-corrected chi connectivity index (χ3v) is 8.68. The van der Waals surface area contributed by atoms with Gasteiger partial charge in [-0.2, -0.15) is 0 Å². The maximum Gasteiger partial charge on any atom is 0.205 e. The van der Waals surface area contributed by atoms with Gasteiger partial charge in [0.15, 0.2) is 9.04 Å². The molecule has 0 aromatic heterocycles. The second-order valence-corrected chi connectivity index (χ2v) is 11.6. The van der Waals surface area contributed by atoms with Crippen molar-refractivity contribution in [3.63, 3.8) is 0 Å². The van der Waals surface area contributed by atoms with Crippen LogP contribution in [-0.4, -0.2) is 17.4 Å². The third kappa shape index (κ3) is 3.29. The van der Waals surface area contributed by atoms with Crippen LogP contribution in [0.5, 0.6) is 0 Å². The Labute approximate surface area is 96.3 Å². The van der Waals surface area contributed by atoms with Gasteiger partial charge in [-0.15, -0.1) is 0 Å². The molecule has 0 aliphatic rings. The average Bonchev–Trinajstić information content (AvgIpc) is 2.07. The van der Waals surface area contributed by atoms with Gasteiger partial charge < -0.3 is 4.12 Å². The lowest BCUT2D eigenvalue weighted by atomic mass is 10.1. The highest BCUT2D eigenvalue weighted by Gasteiger charge is 2.26. The van der Waals surface area contributed by atoms with E-state index in [1.807, 2.05) is 0 Å². The summed E-state index contributed by atoms with van der Waals surface area (Å²) in [5.41, 5.74) is 2.74. The van der Waals surface area contributed by atoms with E-state index in [0.29, 0.717) is 0 Å². The van der Waals surface area contributed by atoms with Crippen LogP contribution in [0.15, 0.2) is 18.2 Å². The van der Waals surface area contributed by atoms with Crippen molar-refractivity contribution in [2.24, 2.45) is 0 Å². The topological polar surface area (TPSA) is 9.23 Å². The van der Waals surface area contributed by atoms with Crippen molar-refractivity contribution in [3.05, 3.63) is 29.3 Å². The number of aryl methyl sites for hydroxylation is 2. The molecule has 1 rings (SSSR count). The van der Waals surface area contributed by atoms with E-state index in [0.717, 1.165) is 0 Å². The highest BCUT2D eigenvalue weighted by atomic mass is 28.4. The quantitative estimate of drug-likeness (QED) is 0.736. The molecule has 1 aromatic rings. The van der Waals surface area contributed by atoms with Gasteiger partial charge in [-0.1, -0.05) is 18.2 Å². The monoisotopic (exact) mass is 238 g/mol. The van der Waals surface area contributed by atoms with Gasteiger partial charge in [0.1, 0.15) is 0 Å². The van der Waals surface area contributed by atoms with Gasteiger partial charge in [-0.3, -0.25) is 0 Å². The summed E-state index contributed by atoms with van der Waals surface area (Å²) in [4.78, 5) is 0. The van der Waals surface area contributed by atoms with Crippen molar-refractivity contribution < 1.29 is 4.12 Å². The predicted octanol–water partition coefficient (Wildman–Crippen LogP) is 2.72. The van der Waals surface area contributed by atoms with Gasteiger partial charge in [0.05, 0.1) is 0 Å². The van der Waals surface area contributed by atoms with Gasteiger partial charge in [0, 0.05) is 0 Å². The fourth-order valence-electron chi connectivity index (χ4n) is 1.77. The molecule has 0 radical (unpaired) electrons. The van der Waals surface area contributed by atoms with Crippen LogP contribution in [0.25, 0.3) is 0 Å². The summed E-state index contributed by atoms with van der Waals surface area (Å²) in [6.07, 6.45) is 0. The van der Waals surface area contributed by atoms with E-state index < -0.39 is 17.4 Å². The fraction of sp³-hybridized carbons (Fsp3) is 0.500. The molecule has 3 heteroatoms. The Morgan fingerprint density at radius 3 is 2.13 bits per heavy atom. The maximum absolute atomic E-state index is 6.20. The first-order valence-corrected chi connectivity index (χ1v) is 11.3. The van der Waals surface area contributed by atoms with E-state index in [-0.39, 0.29) is 0 Å². The van der Waals surface area contributed by atoms with Crippen molar-refractivity contribution in [1.29, 1.82) is 0 Å². The molecule has 0 aliphatic carbocycles. The van der Waals surface area contributed by atoms with Gasteiger partial charge >= 0.3 is 0 Å². The lowest BCUT2D eigenvalue weighted by molar-refractivity contribution is 0.590. The van der Waals surface area contributed by atoms with Crippen LogP contribution in [0, 0.1) is 13.8 Å². The second-order valence-electron chi connectivity index (χ2n) is 4.98. The van der Waals surface area contributed by atoms with Crippen LogP contribution in [0.3, 0.4) is 0 Å². The summed E-state index contributed by atoms with van der Waals surface area (Å²) in [7, 11) is -2.57. The first-order valence-electron chi connectivity index (χ1n) is 5.58. The van der Waals surface area contributed by atoms with Crippen molar-refractivity contribution in [2.45, 2.75) is 40.0 Å². The number of rotatable bonds is 3. The fourth-order valence-corrected chi connectivity index (χ4v) is 8.08. The number of hydrogen-bond acceptors (Lipinski definition) is 1. The lowest BCUT2D eigenvalue weighted by Crippen LogP contribution is -2.47. The van der Waals surface area contributed by atoms with Crippen molar-refractivity contribution >= 4 is 22.5 Å². The van der Waals surface area contributed by atoms with Crippen LogP contribution in [0.2, 0.25) is 26.2 Å². The molecule has 0 aliphatic heterocycles. The highest BCUT2D eigenvalue weighted by Crippen LogP contribution is 2.11. The normalized spacial score (nSPS) is 12.2. The molecule has 1 aromatic carbocycles. The van der Waals surface area contributed by atoms with Gasteiger partial charge in [0.2, 0.25) is 8.32 Å². The first-order chi connectivity index (χ1) is 6.83. The van der Waals surface area contributed by atoms with Crippen molar-refractivity contribution in [1.82, 2.24) is 0 Å². The standard InChI is InChI=1S/C12H22OSi2/c1-10-7-8-12(9-11(10)2)15(5,6)13-14(3)4/h7-9,14H,1-6H3. The Hall–Kier alpha value is -0.386. The molecule has 0 saturated carbocycles. The molecule has 0 bridgehead atoms. The summed E-state index contributed by atoms with van der Waals surface area (Å²) in [5, 5.41) is 1.42. The molecule has 0 N–H and O–H groups in total. The Bertz CT molecular complexity index is 345. The van der Waals surface area contributed by atoms with Gasteiger partial charge in [-0.05, 0) is 56.3 Å². The molecule has 0 fully saturated rings. The van der Waals surface area contributed by atoms with Crippen LogP contribution in [0.4, 0.5) is 0 Å². The summed E-state index contributed by atoms with van der Waals surface area (Å²) < 4.78 is 6.20. The SMILES string of the molecule is Cc1ccc([Si](C)(C)O[SiH](C)C)cc1C. The zero-order valence-electron chi connectivity index (χ0n) is 10.7. The third-order valence-electron chi connectivity index (χ3n) is 2.73. The van der Waals surface area contributed by atoms with E-state index in [9.17, 15) is 0 Å². The molecule has 0 spiro atoms. The van der Waals surface area contributed by atoms with E-state index in [1.165, 1.54) is 16.3 Å². The Morgan fingerprint density at radius 2 is 1.67 bits per heavy atom. The molecule has 0 unspecified atom stereocenters. The van der Waals surface area contributed by atoms with Crippen LogP contribution in [-0.2, 0) is 4.12 Å². The minimum absolute atomic E-state index is 0.932. The molecule has 1 nitrogen and oxygen atoms in total. The first kappa shape index (κ1) is 12.7. The second kappa shape index (κ2) is 4.64. The minimum atomic E-state index is -1.64. The van der Waals surface area contributed by atoms with Crippen molar-refractivity contribution in [3.8, 4) is 0 Å². The number of benzene rings is 1. The summed E-state index contributed by atoms with van der Waals surface area (Å²) >= 11 is 0. The smallest absolute Gasteiger partial charge is 0.205 e. The zero-order chi connectivity index (χ0) is 11.6. The summed E-state index contributed by atoms with van der Waals surface area (Å²) in [6, 6.07) is 6.76. The van der Waals surface area contributed by atoms with E-state index in [4.69, 9.17) is 4.12 Å². The molecule has 0 amide bonds. The minimum Gasteiger partial charge on any atom is -0.455 e. The predicted molar refractivity (Wildman–Crippen MR) is 73.0 cm³/mol. The largest absolute Gasteiger partial charge is 0.455 e.